The summed E-state index contributed by atoms with van der Waals surface area (Å²) in [6, 6.07) is 17.7. The van der Waals surface area contributed by atoms with E-state index in [9.17, 15) is 9.59 Å². The van der Waals surface area contributed by atoms with E-state index in [0.29, 0.717) is 50.0 Å². The topological polar surface area (TPSA) is 105 Å². The van der Waals surface area contributed by atoms with Crippen molar-refractivity contribution >= 4 is 41.1 Å². The summed E-state index contributed by atoms with van der Waals surface area (Å²) in [5.41, 5.74) is 2.42. The highest BCUT2D eigenvalue weighted by Crippen LogP contribution is 2.36. The summed E-state index contributed by atoms with van der Waals surface area (Å²) in [7, 11) is 3.09. The van der Waals surface area contributed by atoms with Gasteiger partial charge in [-0.1, -0.05) is 47.5 Å². The molecule has 2 atom stereocenters. The molecule has 3 fully saturated rings. The number of benzene rings is 2. The summed E-state index contributed by atoms with van der Waals surface area (Å²) in [5, 5.41) is 0.829. The van der Waals surface area contributed by atoms with E-state index in [4.69, 9.17) is 42.1 Å². The number of amides is 1. The Labute approximate surface area is 289 Å². The van der Waals surface area contributed by atoms with Crippen LogP contribution in [0.25, 0.3) is 0 Å². The standard InChI is InChI=1S/C36H36Cl2N4O6/c1-45-30-11-10-26(17-32(30)46-2)31(18-27-28(37)19-39-20-29(27)38)47-35(43)25-8-6-23(7-9-25)21-42(34-5-3-4-14-40-34)36(44)48-33-22-41-15-12-24(33)13-16-41/h3-11,14,17,19-20,24,31,33H,12-13,15-16,18,21-22H2,1-2H3/p+1/t31-,33?/m0/s1. The lowest BCUT2D eigenvalue weighted by atomic mass is 9.86. The van der Waals surface area contributed by atoms with Crippen molar-refractivity contribution in [2.45, 2.75) is 38.0 Å². The molecular formula is C36H37Cl2N4O6+. The molecule has 5 heterocycles. The fourth-order valence-corrected chi connectivity index (χ4v) is 6.79. The van der Waals surface area contributed by atoms with Crippen LogP contribution in [-0.4, -0.2) is 61.9 Å². The second-order valence-corrected chi connectivity index (χ2v) is 12.7. The second-order valence-electron chi connectivity index (χ2n) is 11.9. The molecule has 0 radical (unpaired) electrons. The van der Waals surface area contributed by atoms with Crippen LogP contribution in [0.2, 0.25) is 10.0 Å². The average Bonchev–Trinajstić information content (AvgIpc) is 3.12. The Morgan fingerprint density at radius 2 is 1.71 bits per heavy atom. The number of hydrogen-bond acceptors (Lipinski definition) is 8. The van der Waals surface area contributed by atoms with Gasteiger partial charge < -0.3 is 18.9 Å². The molecule has 2 aromatic carbocycles. The van der Waals surface area contributed by atoms with E-state index in [2.05, 4.69) is 14.9 Å². The first-order chi connectivity index (χ1) is 23.3. The van der Waals surface area contributed by atoms with Gasteiger partial charge in [-0.3, -0.25) is 9.80 Å². The predicted molar refractivity (Wildman–Crippen MR) is 181 cm³/mol. The van der Waals surface area contributed by atoms with Crippen LogP contribution in [0.4, 0.5) is 10.6 Å². The van der Waals surface area contributed by atoms with Gasteiger partial charge >= 0.3 is 12.1 Å². The number of fused-ring (bicyclic) bond motifs is 3. The summed E-state index contributed by atoms with van der Waals surface area (Å²) in [5.74, 6) is 1.35. The van der Waals surface area contributed by atoms with Crippen LogP contribution < -0.4 is 19.4 Å². The molecule has 10 nitrogen and oxygen atoms in total. The van der Waals surface area contributed by atoms with Crippen molar-refractivity contribution in [3.63, 3.8) is 0 Å². The number of H-pyrrole nitrogens is 1. The fraction of sp³-hybridized carbons (Fsp3) is 0.333. The molecular weight excluding hydrogens is 655 g/mol. The van der Waals surface area contributed by atoms with Gasteiger partial charge in [0.05, 0.1) is 26.3 Å². The van der Waals surface area contributed by atoms with Crippen molar-refractivity contribution in [2.75, 3.05) is 38.8 Å². The number of carbonyl (C=O) groups excluding carboxylic acids is 2. The fourth-order valence-electron chi connectivity index (χ4n) is 6.25. The zero-order valence-corrected chi connectivity index (χ0v) is 28.2. The Hall–Kier alpha value is -4.38. The van der Waals surface area contributed by atoms with E-state index in [1.807, 2.05) is 6.07 Å². The zero-order chi connectivity index (χ0) is 33.6. The molecule has 3 aliphatic rings. The van der Waals surface area contributed by atoms with Crippen molar-refractivity contribution in [2.24, 2.45) is 5.92 Å². The highest BCUT2D eigenvalue weighted by atomic mass is 35.5. The number of nitrogens with one attached hydrogen (secondary N) is 1. The lowest BCUT2D eigenvalue weighted by Crippen LogP contribution is -2.53. The summed E-state index contributed by atoms with van der Waals surface area (Å²) >= 11 is 12.9. The number of anilines is 1. The van der Waals surface area contributed by atoms with Crippen molar-refractivity contribution < 1.29 is 33.5 Å². The number of methoxy groups -OCH3 is 2. The number of nitrogens with zero attached hydrogens (tertiary/aromatic N) is 3. The maximum absolute atomic E-state index is 13.6. The monoisotopic (exact) mass is 691 g/mol. The number of hydrogen-bond donors (Lipinski definition) is 0. The lowest BCUT2D eigenvalue weighted by Gasteiger charge is -2.44. The number of halogens is 2. The summed E-state index contributed by atoms with van der Waals surface area (Å²) in [6.07, 6.45) is 5.84. The largest absolute Gasteiger partial charge is 0.493 e. The van der Waals surface area contributed by atoms with Gasteiger partial charge in [-0.2, -0.15) is 0 Å². The van der Waals surface area contributed by atoms with E-state index >= 15 is 0 Å². The van der Waals surface area contributed by atoms with Gasteiger partial charge in [-0.15, -0.1) is 0 Å². The molecule has 1 unspecified atom stereocenters. The van der Waals surface area contributed by atoms with Gasteiger partial charge in [0.1, 0.15) is 28.1 Å². The smallest absolute Gasteiger partial charge is 0.416 e. The number of rotatable bonds is 11. The van der Waals surface area contributed by atoms with E-state index in [1.54, 1.807) is 80.3 Å². The maximum atomic E-state index is 13.6. The predicted octanol–water partition coefficient (Wildman–Crippen LogP) is 6.60. The van der Waals surface area contributed by atoms with Crippen LogP contribution in [0.15, 0.2) is 79.3 Å². The first kappa shape index (κ1) is 33.5. The Kier molecular flexibility index (Phi) is 10.6. The summed E-state index contributed by atoms with van der Waals surface area (Å²) < 4.78 is 23.0. The molecule has 7 rings (SSSR count). The molecule has 3 saturated heterocycles. The van der Waals surface area contributed by atoms with Crippen LogP contribution in [0.1, 0.15) is 46.0 Å². The number of aromatic amines is 1. The lowest BCUT2D eigenvalue weighted by molar-refractivity contribution is -0.377. The molecule has 2 aromatic heterocycles. The minimum absolute atomic E-state index is 0.138. The molecule has 0 spiro atoms. The van der Waals surface area contributed by atoms with Crippen LogP contribution in [0.5, 0.6) is 11.5 Å². The molecule has 4 aromatic rings. The van der Waals surface area contributed by atoms with Gasteiger partial charge in [-0.05, 0) is 79.4 Å². The summed E-state index contributed by atoms with van der Waals surface area (Å²) in [6.45, 7) is 3.08. The maximum Gasteiger partial charge on any atom is 0.416 e. The highest BCUT2D eigenvalue weighted by Gasteiger charge is 2.37. The highest BCUT2D eigenvalue weighted by molar-refractivity contribution is 6.35. The third-order valence-electron chi connectivity index (χ3n) is 8.94. The van der Waals surface area contributed by atoms with Crippen LogP contribution in [-0.2, 0) is 22.4 Å². The van der Waals surface area contributed by atoms with Gasteiger partial charge in [-0.25, -0.2) is 19.6 Å². The summed E-state index contributed by atoms with van der Waals surface area (Å²) in [4.78, 5) is 38.3. The first-order valence-electron chi connectivity index (χ1n) is 15.8. The van der Waals surface area contributed by atoms with Gasteiger partial charge in [0, 0.05) is 24.7 Å². The van der Waals surface area contributed by atoms with E-state index in [0.717, 1.165) is 38.0 Å². The number of ether oxygens (including phenoxy) is 4. The molecule has 0 aliphatic carbocycles. The van der Waals surface area contributed by atoms with Crippen molar-refractivity contribution in [1.29, 1.82) is 0 Å². The molecule has 2 bridgehead atoms. The number of carbonyl (C=O) groups is 2. The Balaban J connectivity index is 1.20. The van der Waals surface area contributed by atoms with Crippen LogP contribution in [0.3, 0.4) is 0 Å². The van der Waals surface area contributed by atoms with Gasteiger partial charge in [0.25, 0.3) is 0 Å². The van der Waals surface area contributed by atoms with Gasteiger partial charge in [0.2, 0.25) is 0 Å². The van der Waals surface area contributed by atoms with Crippen LogP contribution >= 0.6 is 23.2 Å². The quantitative estimate of drug-likeness (QED) is 0.162. The van der Waals surface area contributed by atoms with Crippen molar-refractivity contribution in [3.8, 4) is 11.5 Å². The SMILES string of the molecule is COc1ccc([C@H](Cc2c(Cl)c[nH+]cc2Cl)OC(=O)c2ccc(CN(C(=O)OC3CN4CCC3CC4)c3ccccn3)cc2)cc1OC. The minimum Gasteiger partial charge on any atom is -0.493 e. The number of pyridine rings is 2. The molecule has 1 N–H and O–H groups in total. The number of esters is 1. The number of piperidine rings is 3. The molecule has 12 heteroatoms. The Bertz CT molecular complexity index is 1710. The molecule has 250 valence electrons. The van der Waals surface area contributed by atoms with Crippen molar-refractivity contribution in [1.82, 2.24) is 9.88 Å². The number of aromatic nitrogens is 2. The average molecular weight is 693 g/mol. The van der Waals surface area contributed by atoms with E-state index < -0.39 is 18.2 Å². The van der Waals surface area contributed by atoms with E-state index in [-0.39, 0.29) is 19.1 Å². The normalized spacial score (nSPS) is 18.9. The molecule has 0 saturated carbocycles. The van der Waals surface area contributed by atoms with E-state index in [1.165, 1.54) is 12.0 Å². The van der Waals surface area contributed by atoms with Gasteiger partial charge in [0.15, 0.2) is 23.9 Å². The minimum atomic E-state index is -0.754. The molecule has 3 aliphatic heterocycles. The van der Waals surface area contributed by atoms with Crippen molar-refractivity contribution in [3.05, 3.63) is 112 Å². The third kappa shape index (κ3) is 7.67. The molecule has 1 amide bonds. The Morgan fingerprint density at radius 1 is 0.979 bits per heavy atom. The second kappa shape index (κ2) is 15.2. The Morgan fingerprint density at radius 3 is 2.33 bits per heavy atom. The molecule has 48 heavy (non-hydrogen) atoms. The first-order valence-corrected chi connectivity index (χ1v) is 16.6. The third-order valence-corrected chi connectivity index (χ3v) is 9.61. The zero-order valence-electron chi connectivity index (χ0n) is 26.7. The van der Waals surface area contributed by atoms with Crippen LogP contribution in [0, 0.1) is 5.92 Å².